The summed E-state index contributed by atoms with van der Waals surface area (Å²) in [6.07, 6.45) is 2.64. The highest BCUT2D eigenvalue weighted by Gasteiger charge is 2.36. The molecule has 2 rings (SSSR count). The second-order valence-corrected chi connectivity index (χ2v) is 4.85. The van der Waals surface area contributed by atoms with Gasteiger partial charge in [-0.3, -0.25) is 4.57 Å². The number of nitrogens with zero attached hydrogens (tertiary/aromatic N) is 2. The third kappa shape index (κ3) is 2.84. The number of ether oxygens (including phenoxy) is 2. The van der Waals surface area contributed by atoms with E-state index in [2.05, 4.69) is 4.98 Å². The number of rotatable bonds is 5. The van der Waals surface area contributed by atoms with Crippen LogP contribution in [0.2, 0.25) is 0 Å². The second kappa shape index (κ2) is 6.34. The molecule has 1 fully saturated rings. The maximum absolute atomic E-state index is 12.0. The second-order valence-electron chi connectivity index (χ2n) is 4.85. The van der Waals surface area contributed by atoms with Gasteiger partial charge >= 0.3 is 5.69 Å². The van der Waals surface area contributed by atoms with Gasteiger partial charge in [-0.05, 0) is 12.8 Å². The maximum atomic E-state index is 12.0. The van der Waals surface area contributed by atoms with Crippen LogP contribution in [0.25, 0.3) is 0 Å². The van der Waals surface area contributed by atoms with Crippen LogP contribution in [0.5, 0.6) is 0 Å². The molecule has 0 saturated carbocycles. The third-order valence-corrected chi connectivity index (χ3v) is 3.65. The topological polar surface area (TPSA) is 99.6 Å². The first kappa shape index (κ1) is 15.0. The van der Waals surface area contributed by atoms with Crippen LogP contribution >= 0.6 is 0 Å². The highest BCUT2D eigenvalue weighted by Crippen LogP contribution is 2.31. The van der Waals surface area contributed by atoms with Gasteiger partial charge in [-0.25, -0.2) is 4.79 Å². The summed E-state index contributed by atoms with van der Waals surface area (Å²) in [6, 6.07) is 0. The van der Waals surface area contributed by atoms with Gasteiger partial charge in [0.05, 0.1) is 12.2 Å². The quantitative estimate of drug-likeness (QED) is 0.793. The zero-order valence-corrected chi connectivity index (χ0v) is 11.8. The molecule has 7 heteroatoms. The summed E-state index contributed by atoms with van der Waals surface area (Å²) in [6.45, 7) is 1.97. The molecule has 3 atom stereocenters. The Morgan fingerprint density at radius 1 is 1.65 bits per heavy atom. The predicted octanol–water partition coefficient (Wildman–Crippen LogP) is 0.0728. The van der Waals surface area contributed by atoms with Crippen molar-refractivity contribution < 1.29 is 14.6 Å². The molecule has 3 N–H and O–H groups in total. The van der Waals surface area contributed by atoms with Crippen LogP contribution < -0.4 is 11.4 Å². The lowest BCUT2D eigenvalue weighted by atomic mass is 10.1. The Balaban J connectivity index is 2.26. The maximum Gasteiger partial charge on any atom is 0.351 e. The van der Waals surface area contributed by atoms with E-state index in [1.807, 2.05) is 6.92 Å². The highest BCUT2D eigenvalue weighted by molar-refractivity contribution is 5.36. The van der Waals surface area contributed by atoms with Crippen molar-refractivity contribution in [3.8, 4) is 0 Å². The predicted molar refractivity (Wildman–Crippen MR) is 73.3 cm³/mol. The van der Waals surface area contributed by atoms with Crippen LogP contribution in [0.15, 0.2) is 11.0 Å². The first-order valence-corrected chi connectivity index (χ1v) is 6.77. The fourth-order valence-corrected chi connectivity index (χ4v) is 2.50. The van der Waals surface area contributed by atoms with Gasteiger partial charge < -0.3 is 20.3 Å². The van der Waals surface area contributed by atoms with E-state index in [0.29, 0.717) is 19.3 Å². The van der Waals surface area contributed by atoms with Crippen molar-refractivity contribution in [2.45, 2.75) is 44.6 Å². The monoisotopic (exact) mass is 283 g/mol. The summed E-state index contributed by atoms with van der Waals surface area (Å²) in [7, 11) is 1.60. The third-order valence-electron chi connectivity index (χ3n) is 3.65. The van der Waals surface area contributed by atoms with E-state index in [-0.39, 0.29) is 24.6 Å². The first-order chi connectivity index (χ1) is 9.60. The highest BCUT2D eigenvalue weighted by atomic mass is 16.6. The van der Waals surface area contributed by atoms with Crippen molar-refractivity contribution in [1.29, 1.82) is 0 Å². The van der Waals surface area contributed by atoms with Crippen molar-refractivity contribution in [2.75, 3.05) is 19.5 Å². The van der Waals surface area contributed by atoms with Crippen molar-refractivity contribution >= 4 is 5.82 Å². The summed E-state index contributed by atoms with van der Waals surface area (Å²) in [5.41, 5.74) is 6.09. The Bertz CT molecular complexity index is 517. The number of anilines is 1. The molecule has 20 heavy (non-hydrogen) atoms. The van der Waals surface area contributed by atoms with E-state index < -0.39 is 11.9 Å². The van der Waals surface area contributed by atoms with E-state index in [1.165, 1.54) is 4.57 Å². The van der Waals surface area contributed by atoms with Crippen molar-refractivity contribution in [3.05, 3.63) is 22.2 Å². The number of nitrogen functional groups attached to an aromatic ring is 1. The van der Waals surface area contributed by atoms with Crippen LogP contribution in [0.4, 0.5) is 5.82 Å². The normalized spacial score (nSPS) is 26.1. The van der Waals surface area contributed by atoms with Gasteiger partial charge in [-0.2, -0.15) is 4.98 Å². The minimum atomic E-state index is -0.428. The Hall–Kier alpha value is -1.44. The van der Waals surface area contributed by atoms with Crippen LogP contribution in [-0.4, -0.2) is 40.6 Å². The summed E-state index contributed by atoms with van der Waals surface area (Å²) in [5, 5.41) is 9.04. The van der Waals surface area contributed by atoms with Crippen LogP contribution in [0, 0.1) is 0 Å². The van der Waals surface area contributed by atoms with Gasteiger partial charge in [-0.1, -0.05) is 6.92 Å². The SMILES string of the molecule is CCc1cn(C2CC(OC)C(CCO)O2)c(=O)nc1N. The minimum Gasteiger partial charge on any atom is -0.396 e. The molecule has 0 amide bonds. The van der Waals surface area contributed by atoms with E-state index in [4.69, 9.17) is 20.3 Å². The molecule has 7 nitrogen and oxygen atoms in total. The molecule has 1 aliphatic rings. The largest absolute Gasteiger partial charge is 0.396 e. The minimum absolute atomic E-state index is 0.0202. The smallest absolute Gasteiger partial charge is 0.351 e. The molecule has 3 unspecified atom stereocenters. The van der Waals surface area contributed by atoms with Gasteiger partial charge in [0.25, 0.3) is 0 Å². The Morgan fingerprint density at radius 3 is 3.00 bits per heavy atom. The number of nitrogens with two attached hydrogens (primary N) is 1. The van der Waals surface area contributed by atoms with Crippen LogP contribution in [0.1, 0.15) is 31.6 Å². The van der Waals surface area contributed by atoms with E-state index in [9.17, 15) is 4.79 Å². The molecule has 0 radical (unpaired) electrons. The molecule has 0 aliphatic carbocycles. The Labute approximate surface area is 117 Å². The fourth-order valence-electron chi connectivity index (χ4n) is 2.50. The lowest BCUT2D eigenvalue weighted by molar-refractivity contribution is -0.0387. The van der Waals surface area contributed by atoms with E-state index in [1.54, 1.807) is 13.3 Å². The average molecular weight is 283 g/mol. The van der Waals surface area contributed by atoms with Gasteiger partial charge in [0.1, 0.15) is 12.0 Å². The molecule has 1 saturated heterocycles. The van der Waals surface area contributed by atoms with Crippen LogP contribution in [-0.2, 0) is 15.9 Å². The summed E-state index contributed by atoms with van der Waals surface area (Å²) in [4.78, 5) is 15.8. The van der Waals surface area contributed by atoms with Crippen LogP contribution in [0.3, 0.4) is 0 Å². The molecule has 1 aromatic heterocycles. The lowest BCUT2D eigenvalue weighted by Gasteiger charge is -2.16. The number of aromatic nitrogens is 2. The van der Waals surface area contributed by atoms with E-state index in [0.717, 1.165) is 5.56 Å². The zero-order chi connectivity index (χ0) is 14.7. The van der Waals surface area contributed by atoms with Gasteiger partial charge in [0, 0.05) is 31.9 Å². The first-order valence-electron chi connectivity index (χ1n) is 6.77. The number of aryl methyl sites for hydroxylation is 1. The molecule has 112 valence electrons. The Kier molecular flexibility index (Phi) is 4.74. The zero-order valence-electron chi connectivity index (χ0n) is 11.8. The molecule has 1 aromatic rings. The molecular weight excluding hydrogens is 262 g/mol. The molecule has 1 aliphatic heterocycles. The van der Waals surface area contributed by atoms with Gasteiger partial charge in [0.15, 0.2) is 0 Å². The molecular formula is C13H21N3O4. The van der Waals surface area contributed by atoms with Crippen molar-refractivity contribution in [1.82, 2.24) is 9.55 Å². The number of hydrogen-bond donors (Lipinski definition) is 2. The molecule has 2 heterocycles. The van der Waals surface area contributed by atoms with Crippen molar-refractivity contribution in [3.63, 3.8) is 0 Å². The summed E-state index contributed by atoms with van der Waals surface area (Å²) >= 11 is 0. The fraction of sp³-hybridized carbons (Fsp3) is 0.692. The number of methoxy groups -OCH3 is 1. The molecule has 0 spiro atoms. The van der Waals surface area contributed by atoms with Crippen molar-refractivity contribution in [2.24, 2.45) is 0 Å². The number of aliphatic hydroxyl groups excluding tert-OH is 1. The number of hydrogen-bond acceptors (Lipinski definition) is 6. The van der Waals surface area contributed by atoms with Gasteiger partial charge in [-0.15, -0.1) is 0 Å². The molecule has 0 bridgehead atoms. The summed E-state index contributed by atoms with van der Waals surface area (Å²) < 4.78 is 12.6. The van der Waals surface area contributed by atoms with E-state index >= 15 is 0 Å². The molecule has 0 aromatic carbocycles. The standard InChI is InChI=1S/C13H21N3O4/c1-3-8-7-16(13(18)15-12(8)14)11-6-10(19-2)9(20-11)4-5-17/h7,9-11,17H,3-6H2,1-2H3,(H2,14,15,18). The Morgan fingerprint density at radius 2 is 2.40 bits per heavy atom. The lowest BCUT2D eigenvalue weighted by Crippen LogP contribution is -2.28. The summed E-state index contributed by atoms with van der Waals surface area (Å²) in [5.74, 6) is 0.266. The average Bonchev–Trinajstić information content (AvgIpc) is 2.82. The van der Waals surface area contributed by atoms with Gasteiger partial charge in [0.2, 0.25) is 0 Å². The number of aliphatic hydroxyl groups is 1.